The summed E-state index contributed by atoms with van der Waals surface area (Å²) in [5.41, 5.74) is 6.28. The first kappa shape index (κ1) is 14.2. The lowest BCUT2D eigenvalue weighted by molar-refractivity contribution is 0.351. The highest BCUT2D eigenvalue weighted by molar-refractivity contribution is 4.97. The van der Waals surface area contributed by atoms with Gasteiger partial charge in [0.05, 0.1) is 11.9 Å². The summed E-state index contributed by atoms with van der Waals surface area (Å²) in [4.78, 5) is 4.54. The first-order chi connectivity index (χ1) is 10.3. The van der Waals surface area contributed by atoms with E-state index in [1.165, 1.54) is 44.9 Å². The van der Waals surface area contributed by atoms with Crippen molar-refractivity contribution in [1.82, 2.24) is 25.1 Å². The van der Waals surface area contributed by atoms with Crippen LogP contribution in [0, 0.1) is 0 Å². The van der Waals surface area contributed by atoms with Gasteiger partial charge in [-0.1, -0.05) is 42.5 Å². The Morgan fingerprint density at radius 3 is 2.67 bits per heavy atom. The van der Waals surface area contributed by atoms with Gasteiger partial charge in [-0.25, -0.2) is 4.68 Å². The van der Waals surface area contributed by atoms with Crippen molar-refractivity contribution in [1.29, 1.82) is 0 Å². The van der Waals surface area contributed by atoms with Crippen molar-refractivity contribution in [3.63, 3.8) is 0 Å². The van der Waals surface area contributed by atoms with Crippen molar-refractivity contribution in [2.24, 2.45) is 5.73 Å². The van der Waals surface area contributed by atoms with Crippen LogP contribution in [0.5, 0.6) is 0 Å². The molecule has 21 heavy (non-hydrogen) atoms. The molecule has 2 aromatic heterocycles. The number of nitrogens with zero attached hydrogens (tertiary/aromatic N) is 5. The van der Waals surface area contributed by atoms with Gasteiger partial charge < -0.3 is 10.3 Å². The van der Waals surface area contributed by atoms with Crippen molar-refractivity contribution in [3.8, 4) is 0 Å². The van der Waals surface area contributed by atoms with Crippen molar-refractivity contribution >= 4 is 0 Å². The van der Waals surface area contributed by atoms with E-state index in [-0.39, 0.29) is 0 Å². The second-order valence-corrected chi connectivity index (χ2v) is 5.70. The molecule has 0 radical (unpaired) electrons. The van der Waals surface area contributed by atoms with Crippen LogP contribution in [0.25, 0.3) is 0 Å². The summed E-state index contributed by atoms with van der Waals surface area (Å²) >= 11 is 0. The topological polar surface area (TPSA) is 95.7 Å². The Morgan fingerprint density at radius 1 is 1.19 bits per heavy atom. The lowest BCUT2D eigenvalue weighted by atomic mass is 9.91. The maximum absolute atomic E-state index is 5.52. The number of nitrogens with two attached hydrogens (primary N) is 1. The normalized spacial score (nSPS) is 17.6. The third kappa shape index (κ3) is 3.66. The van der Waals surface area contributed by atoms with E-state index >= 15 is 0 Å². The molecular weight excluding hydrogens is 268 g/mol. The molecule has 0 spiro atoms. The van der Waals surface area contributed by atoms with E-state index in [4.69, 9.17) is 10.3 Å². The van der Waals surface area contributed by atoms with Gasteiger partial charge in [-0.3, -0.25) is 0 Å². The van der Waals surface area contributed by atoms with E-state index in [2.05, 4.69) is 20.5 Å². The van der Waals surface area contributed by atoms with Crippen molar-refractivity contribution in [2.45, 2.75) is 64.0 Å². The maximum atomic E-state index is 5.52. The van der Waals surface area contributed by atoms with Crippen molar-refractivity contribution in [2.75, 3.05) is 0 Å². The highest BCUT2D eigenvalue weighted by atomic mass is 16.5. The molecule has 3 rings (SSSR count). The zero-order chi connectivity index (χ0) is 14.5. The second kappa shape index (κ2) is 6.80. The molecule has 0 bridgehead atoms. The zero-order valence-electron chi connectivity index (χ0n) is 12.2. The Kier molecular flexibility index (Phi) is 4.59. The van der Waals surface area contributed by atoms with Crippen LogP contribution in [-0.2, 0) is 13.1 Å². The monoisotopic (exact) mass is 290 g/mol. The van der Waals surface area contributed by atoms with E-state index in [1.54, 1.807) is 10.9 Å². The third-order valence-electron chi connectivity index (χ3n) is 4.05. The van der Waals surface area contributed by atoms with Crippen LogP contribution in [-0.4, -0.2) is 25.1 Å². The summed E-state index contributed by atoms with van der Waals surface area (Å²) in [6, 6.07) is 0. The average molecular weight is 290 g/mol. The first-order valence-electron chi connectivity index (χ1n) is 7.76. The molecule has 0 saturated heterocycles. The molecular formula is C14H22N6O. The molecule has 1 aliphatic rings. The van der Waals surface area contributed by atoms with Crippen LogP contribution in [0.4, 0.5) is 0 Å². The lowest BCUT2D eigenvalue weighted by Gasteiger charge is -2.15. The molecule has 7 heteroatoms. The molecule has 1 fully saturated rings. The smallest absolute Gasteiger partial charge is 0.248 e. The number of hydrogen-bond donors (Lipinski definition) is 1. The lowest BCUT2D eigenvalue weighted by Crippen LogP contribution is -2.05. The molecule has 114 valence electrons. The molecule has 2 aromatic rings. The fourth-order valence-electron chi connectivity index (χ4n) is 2.86. The van der Waals surface area contributed by atoms with Gasteiger partial charge in [-0.15, -0.1) is 5.10 Å². The van der Waals surface area contributed by atoms with Gasteiger partial charge in [0.25, 0.3) is 0 Å². The summed E-state index contributed by atoms with van der Waals surface area (Å²) in [6.07, 6.45) is 10.7. The molecule has 0 unspecified atom stereocenters. The van der Waals surface area contributed by atoms with Crippen LogP contribution in [0.15, 0.2) is 10.7 Å². The fourth-order valence-corrected chi connectivity index (χ4v) is 2.86. The number of hydrogen-bond acceptors (Lipinski definition) is 6. The Morgan fingerprint density at radius 2 is 1.95 bits per heavy atom. The summed E-state index contributed by atoms with van der Waals surface area (Å²) < 4.78 is 7.03. The predicted molar refractivity (Wildman–Crippen MR) is 76.4 cm³/mol. The summed E-state index contributed by atoms with van der Waals surface area (Å²) in [5, 5.41) is 12.1. The first-order valence-corrected chi connectivity index (χ1v) is 7.76. The summed E-state index contributed by atoms with van der Waals surface area (Å²) in [7, 11) is 0. The quantitative estimate of drug-likeness (QED) is 0.925. The molecule has 2 N–H and O–H groups in total. The molecule has 1 aliphatic carbocycles. The molecule has 0 amide bonds. The Hall–Kier alpha value is -1.76. The standard InChI is InChI=1S/C14H22N6O/c15-8-12-9-20(19-17-12)10-13-16-14(18-21-13)11-6-4-2-1-3-5-7-11/h9,11H,1-8,10,15H2. The van der Waals surface area contributed by atoms with Crippen LogP contribution < -0.4 is 5.73 Å². The predicted octanol–water partition coefficient (Wildman–Crippen LogP) is 2.00. The molecule has 1 saturated carbocycles. The average Bonchev–Trinajstić information content (AvgIpc) is 3.08. The summed E-state index contributed by atoms with van der Waals surface area (Å²) in [6.45, 7) is 0.837. The van der Waals surface area contributed by atoms with Crippen molar-refractivity contribution in [3.05, 3.63) is 23.6 Å². The van der Waals surface area contributed by atoms with Gasteiger partial charge in [0, 0.05) is 12.5 Å². The zero-order valence-corrected chi connectivity index (χ0v) is 12.2. The maximum Gasteiger partial charge on any atom is 0.248 e. The molecule has 0 aromatic carbocycles. The van der Waals surface area contributed by atoms with Gasteiger partial charge in [-0.05, 0) is 12.8 Å². The third-order valence-corrected chi connectivity index (χ3v) is 4.05. The van der Waals surface area contributed by atoms with Gasteiger partial charge in [0.2, 0.25) is 5.89 Å². The summed E-state index contributed by atoms with van der Waals surface area (Å²) in [5.74, 6) is 1.88. The number of aromatic nitrogens is 5. The highest BCUT2D eigenvalue weighted by Gasteiger charge is 2.19. The minimum atomic E-state index is 0.386. The molecule has 2 heterocycles. The Bertz CT molecular complexity index is 555. The molecule has 7 nitrogen and oxygen atoms in total. The van der Waals surface area contributed by atoms with E-state index in [1.807, 2.05) is 0 Å². The van der Waals surface area contributed by atoms with E-state index in [9.17, 15) is 0 Å². The van der Waals surface area contributed by atoms with Crippen molar-refractivity contribution < 1.29 is 4.52 Å². The largest absolute Gasteiger partial charge is 0.337 e. The fraction of sp³-hybridized carbons (Fsp3) is 0.714. The number of rotatable bonds is 4. The van der Waals surface area contributed by atoms with E-state index in [0.29, 0.717) is 24.9 Å². The highest BCUT2D eigenvalue weighted by Crippen LogP contribution is 2.29. The second-order valence-electron chi connectivity index (χ2n) is 5.70. The van der Waals surface area contributed by atoms with Crippen LogP contribution in [0.2, 0.25) is 0 Å². The van der Waals surface area contributed by atoms with E-state index < -0.39 is 0 Å². The van der Waals surface area contributed by atoms with Gasteiger partial charge in [0.15, 0.2) is 5.82 Å². The van der Waals surface area contributed by atoms with Gasteiger partial charge >= 0.3 is 0 Å². The van der Waals surface area contributed by atoms with Gasteiger partial charge in [-0.2, -0.15) is 4.98 Å². The van der Waals surface area contributed by atoms with Crippen LogP contribution in [0.3, 0.4) is 0 Å². The SMILES string of the molecule is NCc1cn(Cc2nc(C3CCCCCCC3)no2)nn1. The minimum absolute atomic E-state index is 0.386. The van der Waals surface area contributed by atoms with Gasteiger partial charge in [0.1, 0.15) is 6.54 Å². The Labute approximate surface area is 123 Å². The minimum Gasteiger partial charge on any atom is -0.337 e. The van der Waals surface area contributed by atoms with Crippen LogP contribution >= 0.6 is 0 Å². The Balaban J connectivity index is 1.64. The molecule has 0 atom stereocenters. The van der Waals surface area contributed by atoms with Crippen LogP contribution in [0.1, 0.15) is 68.3 Å². The molecule has 0 aliphatic heterocycles. The van der Waals surface area contributed by atoms with E-state index in [0.717, 1.165) is 11.5 Å².